The lowest BCUT2D eigenvalue weighted by Gasteiger charge is -2.10. The van der Waals surface area contributed by atoms with Crippen molar-refractivity contribution in [1.29, 1.82) is 0 Å². The van der Waals surface area contributed by atoms with Gasteiger partial charge >= 0.3 is 0 Å². The zero-order chi connectivity index (χ0) is 13.7. The number of benzene rings is 1. The highest BCUT2D eigenvalue weighted by atomic mass is 16.5. The average Bonchev–Trinajstić information content (AvgIpc) is 3.26. The van der Waals surface area contributed by atoms with Crippen molar-refractivity contribution in [3.05, 3.63) is 29.3 Å². The van der Waals surface area contributed by atoms with Crippen LogP contribution in [-0.4, -0.2) is 24.7 Å². The van der Waals surface area contributed by atoms with Crippen LogP contribution in [0.2, 0.25) is 0 Å². The molecule has 0 unspecified atom stereocenters. The third kappa shape index (κ3) is 3.86. The van der Waals surface area contributed by atoms with Crippen LogP contribution in [0.15, 0.2) is 23.4 Å². The molecule has 4 N–H and O–H groups in total. The molecule has 0 radical (unpaired) electrons. The molecule has 0 atom stereocenters. The molecule has 5 heteroatoms. The van der Waals surface area contributed by atoms with Crippen LogP contribution in [0.1, 0.15) is 30.4 Å². The van der Waals surface area contributed by atoms with Crippen molar-refractivity contribution in [2.45, 2.75) is 25.8 Å². The molecule has 0 bridgehead atoms. The third-order valence-corrected chi connectivity index (χ3v) is 3.41. The van der Waals surface area contributed by atoms with Crippen LogP contribution >= 0.6 is 0 Å². The van der Waals surface area contributed by atoms with Gasteiger partial charge in [-0.25, -0.2) is 0 Å². The van der Waals surface area contributed by atoms with Crippen molar-refractivity contribution in [2.75, 3.05) is 13.7 Å². The topological polar surface area (TPSA) is 79.9 Å². The van der Waals surface area contributed by atoms with E-state index < -0.39 is 0 Å². The molecule has 1 saturated carbocycles. The number of amidine groups is 1. The van der Waals surface area contributed by atoms with Crippen LogP contribution < -0.4 is 15.8 Å². The summed E-state index contributed by atoms with van der Waals surface area (Å²) in [6.45, 7) is 1.86. The van der Waals surface area contributed by atoms with Crippen molar-refractivity contribution in [3.8, 4) is 5.75 Å². The predicted molar refractivity (Wildman–Crippen MR) is 74.6 cm³/mol. The molecule has 1 aliphatic rings. The molecule has 0 heterocycles. The summed E-state index contributed by atoms with van der Waals surface area (Å²) < 4.78 is 5.26. The van der Waals surface area contributed by atoms with Crippen LogP contribution in [0, 0.1) is 5.92 Å². The Morgan fingerprint density at radius 3 is 2.95 bits per heavy atom. The lowest BCUT2D eigenvalue weighted by Crippen LogP contribution is -2.17. The first-order valence-corrected chi connectivity index (χ1v) is 6.60. The van der Waals surface area contributed by atoms with E-state index in [1.54, 1.807) is 7.11 Å². The Kier molecular flexibility index (Phi) is 4.63. The van der Waals surface area contributed by atoms with Gasteiger partial charge in [0, 0.05) is 6.54 Å². The molecule has 5 nitrogen and oxygen atoms in total. The Balaban J connectivity index is 1.93. The van der Waals surface area contributed by atoms with Gasteiger partial charge in [-0.05, 0) is 36.6 Å². The van der Waals surface area contributed by atoms with Gasteiger partial charge in [0.1, 0.15) is 5.75 Å². The van der Waals surface area contributed by atoms with Crippen LogP contribution in [0.3, 0.4) is 0 Å². The molecule has 1 aromatic rings. The molecule has 0 aliphatic heterocycles. The summed E-state index contributed by atoms with van der Waals surface area (Å²) in [5.41, 5.74) is 7.32. The van der Waals surface area contributed by atoms with Gasteiger partial charge in [-0.15, -0.1) is 0 Å². The number of nitrogens with two attached hydrogens (primary N) is 1. The van der Waals surface area contributed by atoms with Gasteiger partial charge in [0.2, 0.25) is 0 Å². The van der Waals surface area contributed by atoms with Gasteiger partial charge in [0.25, 0.3) is 0 Å². The molecule has 2 rings (SSSR count). The Bertz CT molecular complexity index is 456. The Morgan fingerprint density at radius 2 is 2.32 bits per heavy atom. The molecule has 1 fully saturated rings. The van der Waals surface area contributed by atoms with E-state index in [-0.39, 0.29) is 5.84 Å². The van der Waals surface area contributed by atoms with E-state index in [1.165, 1.54) is 19.3 Å². The second kappa shape index (κ2) is 6.43. The van der Waals surface area contributed by atoms with E-state index in [1.807, 2.05) is 18.2 Å². The molecule has 1 aromatic carbocycles. The van der Waals surface area contributed by atoms with Crippen molar-refractivity contribution in [3.63, 3.8) is 0 Å². The minimum atomic E-state index is 0.0603. The number of oxime groups is 1. The fraction of sp³-hybridized carbons (Fsp3) is 0.500. The largest absolute Gasteiger partial charge is 0.496 e. The lowest BCUT2D eigenvalue weighted by molar-refractivity contribution is 0.318. The molecular formula is C14H21N3O2. The first-order valence-electron chi connectivity index (χ1n) is 6.60. The number of nitrogens with one attached hydrogen (secondary N) is 1. The van der Waals surface area contributed by atoms with Gasteiger partial charge in [0.15, 0.2) is 5.84 Å². The Labute approximate surface area is 113 Å². The SMILES string of the molecule is COc1cc(CNCCC2CC2)ccc1/C(N)=N/O. The van der Waals surface area contributed by atoms with Crippen molar-refractivity contribution < 1.29 is 9.94 Å². The highest BCUT2D eigenvalue weighted by Crippen LogP contribution is 2.31. The summed E-state index contributed by atoms with van der Waals surface area (Å²) in [6, 6.07) is 5.68. The summed E-state index contributed by atoms with van der Waals surface area (Å²) in [4.78, 5) is 0. The van der Waals surface area contributed by atoms with E-state index in [0.29, 0.717) is 11.3 Å². The number of nitrogens with zero attached hydrogens (tertiary/aromatic N) is 1. The number of hydrogen-bond donors (Lipinski definition) is 3. The van der Waals surface area contributed by atoms with Crippen molar-refractivity contribution in [2.24, 2.45) is 16.8 Å². The Morgan fingerprint density at radius 1 is 1.53 bits per heavy atom. The maximum absolute atomic E-state index is 8.70. The van der Waals surface area contributed by atoms with Crippen molar-refractivity contribution in [1.82, 2.24) is 5.32 Å². The molecular weight excluding hydrogens is 242 g/mol. The maximum atomic E-state index is 8.70. The van der Waals surface area contributed by atoms with Crippen LogP contribution in [0.4, 0.5) is 0 Å². The predicted octanol–water partition coefficient (Wildman–Crippen LogP) is 1.68. The van der Waals surface area contributed by atoms with E-state index in [9.17, 15) is 0 Å². The molecule has 0 saturated heterocycles. The van der Waals surface area contributed by atoms with Gasteiger partial charge in [-0.2, -0.15) is 0 Å². The summed E-state index contributed by atoms with van der Waals surface area (Å²) in [6.07, 6.45) is 4.05. The molecule has 19 heavy (non-hydrogen) atoms. The Hall–Kier alpha value is -1.75. The number of ether oxygens (including phenoxy) is 1. The van der Waals surface area contributed by atoms with Crippen LogP contribution in [0.5, 0.6) is 5.75 Å². The first kappa shape index (κ1) is 13.7. The fourth-order valence-electron chi connectivity index (χ4n) is 2.06. The molecule has 104 valence electrons. The number of rotatable bonds is 7. The monoisotopic (exact) mass is 263 g/mol. The van der Waals surface area contributed by atoms with E-state index in [4.69, 9.17) is 15.7 Å². The summed E-state index contributed by atoms with van der Waals surface area (Å²) in [5.74, 6) is 1.63. The highest BCUT2D eigenvalue weighted by Gasteiger charge is 2.19. The minimum Gasteiger partial charge on any atom is -0.496 e. The van der Waals surface area contributed by atoms with Gasteiger partial charge in [-0.1, -0.05) is 24.1 Å². The molecule has 0 aromatic heterocycles. The summed E-state index contributed by atoms with van der Waals surface area (Å²) in [7, 11) is 1.58. The van der Waals surface area contributed by atoms with Gasteiger partial charge in [0.05, 0.1) is 12.7 Å². The van der Waals surface area contributed by atoms with Crippen molar-refractivity contribution >= 4 is 5.84 Å². The maximum Gasteiger partial charge on any atom is 0.173 e. The zero-order valence-electron chi connectivity index (χ0n) is 11.2. The average molecular weight is 263 g/mol. The quantitative estimate of drug-likeness (QED) is 0.230. The second-order valence-electron chi connectivity index (χ2n) is 4.93. The fourth-order valence-corrected chi connectivity index (χ4v) is 2.06. The molecule has 0 spiro atoms. The minimum absolute atomic E-state index is 0.0603. The lowest BCUT2D eigenvalue weighted by atomic mass is 10.1. The third-order valence-electron chi connectivity index (χ3n) is 3.41. The normalized spacial score (nSPS) is 15.5. The standard InChI is InChI=1S/C14H21N3O2/c1-19-13-8-11(4-5-12(13)14(15)17-18)9-16-7-6-10-2-3-10/h4-5,8,10,16,18H,2-3,6-7,9H2,1H3,(H2,15,17). The van der Waals surface area contributed by atoms with E-state index in [0.717, 1.165) is 24.6 Å². The van der Waals surface area contributed by atoms with E-state index in [2.05, 4.69) is 10.5 Å². The summed E-state index contributed by atoms with van der Waals surface area (Å²) >= 11 is 0. The smallest absolute Gasteiger partial charge is 0.173 e. The molecule has 0 amide bonds. The number of methoxy groups -OCH3 is 1. The molecule has 1 aliphatic carbocycles. The van der Waals surface area contributed by atoms with E-state index >= 15 is 0 Å². The van der Waals surface area contributed by atoms with Gasteiger partial charge < -0.3 is 21.0 Å². The van der Waals surface area contributed by atoms with Gasteiger partial charge in [-0.3, -0.25) is 0 Å². The number of hydrogen-bond acceptors (Lipinski definition) is 4. The zero-order valence-corrected chi connectivity index (χ0v) is 11.2. The van der Waals surface area contributed by atoms with Crippen LogP contribution in [0.25, 0.3) is 0 Å². The second-order valence-corrected chi connectivity index (χ2v) is 4.93. The highest BCUT2D eigenvalue weighted by molar-refractivity contribution is 5.99. The van der Waals surface area contributed by atoms with Crippen LogP contribution in [-0.2, 0) is 6.54 Å². The first-order chi connectivity index (χ1) is 9.24. The summed E-state index contributed by atoms with van der Waals surface area (Å²) in [5, 5.41) is 15.1.